The fourth-order valence-electron chi connectivity index (χ4n) is 3.35. The number of halogens is 1. The van der Waals surface area contributed by atoms with Crippen LogP contribution in [0.3, 0.4) is 0 Å². The monoisotopic (exact) mass is 306 g/mol. The topological polar surface area (TPSA) is 100.0 Å². The molecule has 0 spiro atoms. The summed E-state index contributed by atoms with van der Waals surface area (Å²) in [4.78, 5) is 22.9. The third-order valence-corrected chi connectivity index (χ3v) is 4.20. The van der Waals surface area contributed by atoms with Gasteiger partial charge in [0.2, 0.25) is 0 Å². The molecule has 112 valence electrons. The van der Waals surface area contributed by atoms with Gasteiger partial charge in [-0.2, -0.15) is 0 Å². The second-order valence-electron chi connectivity index (χ2n) is 5.57. The number of piperidine rings is 1. The van der Waals surface area contributed by atoms with Crippen molar-refractivity contribution in [3.63, 3.8) is 0 Å². The van der Waals surface area contributed by atoms with Crippen molar-refractivity contribution >= 4 is 11.6 Å². The van der Waals surface area contributed by atoms with Crippen LogP contribution in [0.2, 0.25) is 0 Å². The maximum atomic E-state index is 11.6. The fraction of sp³-hybridized carbons (Fsp3) is 0.818. The summed E-state index contributed by atoms with van der Waals surface area (Å²) in [5.74, 6) is 0.438. The van der Waals surface area contributed by atoms with Gasteiger partial charge in [-0.15, -0.1) is 11.6 Å². The maximum Gasteiger partial charge on any atom is 0.331 e. The summed E-state index contributed by atoms with van der Waals surface area (Å²) >= 11 is 5.55. The number of hydrogen-bond acceptors (Lipinski definition) is 5. The van der Waals surface area contributed by atoms with E-state index in [9.17, 15) is 20.2 Å². The van der Waals surface area contributed by atoms with Gasteiger partial charge < -0.3 is 9.64 Å². The van der Waals surface area contributed by atoms with Gasteiger partial charge >= 0.3 is 5.54 Å². The molecule has 1 saturated heterocycles. The molecule has 1 N–H and O–H groups in total. The van der Waals surface area contributed by atoms with E-state index in [1.165, 1.54) is 6.08 Å². The molecule has 2 bridgehead atoms. The summed E-state index contributed by atoms with van der Waals surface area (Å²) < 4.78 is 5.41. The summed E-state index contributed by atoms with van der Waals surface area (Å²) in [5, 5.41) is 23.0. The number of likely N-dealkylation sites (tertiary alicyclic amines) is 1. The van der Waals surface area contributed by atoms with Gasteiger partial charge in [0.1, 0.15) is 19.6 Å². The first-order valence-corrected chi connectivity index (χ1v) is 6.89. The zero-order valence-corrected chi connectivity index (χ0v) is 11.9. The standard InChI is InChI=1S/C11H16ClN3O5/c1-13-7-10(14(16)17)3-2-9(20-5-4-12)11(6-10,8-13)15(18)19/h2H,3-8H2,1H3/p+1. The number of rotatable bonds is 5. The van der Waals surface area contributed by atoms with E-state index in [4.69, 9.17) is 16.3 Å². The van der Waals surface area contributed by atoms with Gasteiger partial charge in [-0.1, -0.05) is 0 Å². The van der Waals surface area contributed by atoms with Crippen LogP contribution >= 0.6 is 11.6 Å². The Labute approximate surface area is 120 Å². The predicted octanol–water partition coefficient (Wildman–Crippen LogP) is -0.521. The number of nitrogens with one attached hydrogen (secondary N) is 1. The van der Waals surface area contributed by atoms with Crippen molar-refractivity contribution in [2.75, 3.05) is 32.6 Å². The summed E-state index contributed by atoms with van der Waals surface area (Å²) in [7, 11) is 1.74. The van der Waals surface area contributed by atoms with Crippen LogP contribution in [0.15, 0.2) is 11.8 Å². The first-order valence-electron chi connectivity index (χ1n) is 6.36. The number of ether oxygens (including phenoxy) is 1. The van der Waals surface area contributed by atoms with Crippen LogP contribution in [0.4, 0.5) is 0 Å². The SMILES string of the molecule is C[NH+]1CC2([N+](=O)[O-])CC=C(OCCCl)C([N+](=O)[O-])(C1)C2. The van der Waals surface area contributed by atoms with Crippen LogP contribution < -0.4 is 4.90 Å². The molecule has 3 unspecified atom stereocenters. The fourth-order valence-corrected chi connectivity index (χ4v) is 3.43. The van der Waals surface area contributed by atoms with Gasteiger partial charge in [-0.25, -0.2) is 0 Å². The molecule has 1 aliphatic carbocycles. The average Bonchev–Trinajstić information content (AvgIpc) is 2.37. The molecule has 1 aliphatic heterocycles. The van der Waals surface area contributed by atoms with E-state index in [-0.39, 0.29) is 49.1 Å². The molecule has 0 radical (unpaired) electrons. The number of quaternary nitrogens is 1. The van der Waals surface area contributed by atoms with Gasteiger partial charge in [0.25, 0.3) is 5.54 Å². The van der Waals surface area contributed by atoms with E-state index in [2.05, 4.69) is 0 Å². The van der Waals surface area contributed by atoms with Gasteiger partial charge in [0, 0.05) is 16.3 Å². The van der Waals surface area contributed by atoms with Crippen LogP contribution in [0, 0.1) is 20.2 Å². The molecule has 0 aromatic carbocycles. The second kappa shape index (κ2) is 5.17. The zero-order valence-electron chi connectivity index (χ0n) is 11.1. The van der Waals surface area contributed by atoms with E-state index >= 15 is 0 Å². The number of nitrogens with zero attached hydrogens (tertiary/aromatic N) is 2. The van der Waals surface area contributed by atoms with Gasteiger partial charge in [-0.3, -0.25) is 20.2 Å². The lowest BCUT2D eigenvalue weighted by molar-refractivity contribution is -0.927. The normalized spacial score (nSPS) is 36.1. The van der Waals surface area contributed by atoms with Crippen molar-refractivity contribution in [2.45, 2.75) is 23.9 Å². The molecule has 8 nitrogen and oxygen atoms in total. The number of likely N-dealkylation sites (N-methyl/N-ethyl adjacent to an activating group) is 1. The van der Waals surface area contributed by atoms with Gasteiger partial charge in [0.05, 0.1) is 12.9 Å². The Morgan fingerprint density at radius 3 is 2.65 bits per heavy atom. The van der Waals surface area contributed by atoms with E-state index in [0.29, 0.717) is 0 Å². The van der Waals surface area contributed by atoms with Crippen molar-refractivity contribution in [1.29, 1.82) is 0 Å². The zero-order chi connectivity index (χ0) is 15.0. The van der Waals surface area contributed by atoms with Crippen LogP contribution in [0.5, 0.6) is 0 Å². The first kappa shape index (κ1) is 15.0. The Bertz CT molecular complexity index is 471. The highest BCUT2D eigenvalue weighted by molar-refractivity contribution is 6.17. The average molecular weight is 307 g/mol. The van der Waals surface area contributed by atoms with Gasteiger partial charge in [-0.05, 0) is 6.08 Å². The first-order chi connectivity index (χ1) is 9.36. The molecule has 0 aromatic rings. The molecule has 3 atom stereocenters. The van der Waals surface area contributed by atoms with Crippen LogP contribution in [0.25, 0.3) is 0 Å². The lowest BCUT2D eigenvalue weighted by Gasteiger charge is -2.42. The molecule has 0 amide bonds. The lowest BCUT2D eigenvalue weighted by atomic mass is 9.71. The number of alkyl halides is 1. The lowest BCUT2D eigenvalue weighted by Crippen LogP contribution is -3.16. The van der Waals surface area contributed by atoms with Crippen LogP contribution in [-0.4, -0.2) is 53.5 Å². The van der Waals surface area contributed by atoms with E-state index in [0.717, 1.165) is 4.90 Å². The van der Waals surface area contributed by atoms with Crippen molar-refractivity contribution in [3.05, 3.63) is 32.1 Å². The van der Waals surface area contributed by atoms with E-state index < -0.39 is 16.0 Å². The third-order valence-electron chi connectivity index (χ3n) is 4.04. The van der Waals surface area contributed by atoms with Gasteiger partial charge in [0.15, 0.2) is 12.3 Å². The molecular formula is C11H17ClN3O5+. The van der Waals surface area contributed by atoms with Crippen LogP contribution in [-0.2, 0) is 4.74 Å². The highest BCUT2D eigenvalue weighted by atomic mass is 35.5. The van der Waals surface area contributed by atoms with Crippen molar-refractivity contribution in [2.24, 2.45) is 0 Å². The Morgan fingerprint density at radius 2 is 2.10 bits per heavy atom. The van der Waals surface area contributed by atoms with Crippen molar-refractivity contribution in [1.82, 2.24) is 0 Å². The van der Waals surface area contributed by atoms with Crippen molar-refractivity contribution < 1.29 is 19.5 Å². The Morgan fingerprint density at radius 1 is 1.40 bits per heavy atom. The third kappa shape index (κ3) is 2.22. The molecule has 2 rings (SSSR count). The minimum atomic E-state index is -1.51. The Kier molecular flexibility index (Phi) is 3.88. The Balaban J connectivity index is 2.44. The molecule has 9 heteroatoms. The van der Waals surface area contributed by atoms with E-state index in [1.807, 2.05) is 0 Å². The smallest absolute Gasteiger partial charge is 0.331 e. The number of nitro groups is 2. The molecule has 0 aromatic heterocycles. The highest BCUT2D eigenvalue weighted by Crippen LogP contribution is 2.40. The highest BCUT2D eigenvalue weighted by Gasteiger charge is 2.68. The Hall–Kier alpha value is -1.41. The largest absolute Gasteiger partial charge is 0.489 e. The minimum Gasteiger partial charge on any atom is -0.489 e. The van der Waals surface area contributed by atoms with Crippen LogP contribution in [0.1, 0.15) is 12.8 Å². The van der Waals surface area contributed by atoms with Crippen molar-refractivity contribution in [3.8, 4) is 0 Å². The quantitative estimate of drug-likeness (QED) is 0.418. The summed E-state index contributed by atoms with van der Waals surface area (Å²) in [6, 6.07) is 0. The number of hydrogen-bond donors (Lipinski definition) is 1. The minimum absolute atomic E-state index is 0.120. The van der Waals surface area contributed by atoms with E-state index in [1.54, 1.807) is 7.05 Å². The molecular weight excluding hydrogens is 290 g/mol. The number of fused-ring (bicyclic) bond motifs is 2. The summed E-state index contributed by atoms with van der Waals surface area (Å²) in [6.07, 6.45) is 1.55. The molecule has 1 heterocycles. The molecule has 1 fully saturated rings. The summed E-state index contributed by atoms with van der Waals surface area (Å²) in [5.41, 5.74) is -2.79. The molecule has 0 saturated carbocycles. The second-order valence-corrected chi connectivity index (χ2v) is 5.95. The summed E-state index contributed by atoms with van der Waals surface area (Å²) in [6.45, 7) is 0.631. The maximum absolute atomic E-state index is 11.6. The molecule has 2 aliphatic rings. The predicted molar refractivity (Wildman–Crippen MR) is 70.1 cm³/mol. The molecule has 20 heavy (non-hydrogen) atoms.